The Hall–Kier alpha value is -3.66. The molecule has 8 nitrogen and oxygen atoms in total. The van der Waals surface area contributed by atoms with Crippen molar-refractivity contribution in [3.63, 3.8) is 0 Å². The minimum atomic E-state index is -0.949. The van der Waals surface area contributed by atoms with Crippen molar-refractivity contribution in [3.05, 3.63) is 88.0 Å². The number of hydrogen-bond donors (Lipinski definition) is 1. The normalized spacial score (nSPS) is 20.8. The second-order valence-corrected chi connectivity index (χ2v) is 11.3. The molecule has 2 atom stereocenters. The highest BCUT2D eigenvalue weighted by Gasteiger charge is 2.33. The molecule has 2 saturated heterocycles. The zero-order chi connectivity index (χ0) is 28.1. The second kappa shape index (κ2) is 10.6. The first-order valence-corrected chi connectivity index (χ1v) is 14.3. The zero-order valence-electron chi connectivity index (χ0n) is 22.3. The van der Waals surface area contributed by atoms with Gasteiger partial charge >= 0.3 is 5.97 Å². The van der Waals surface area contributed by atoms with E-state index in [9.17, 15) is 14.3 Å². The molecule has 1 aromatic heterocycles. The van der Waals surface area contributed by atoms with Crippen LogP contribution in [0, 0.1) is 5.82 Å². The fraction of sp³-hybridized carbons (Fsp3) is 0.355. The Morgan fingerprint density at radius 3 is 2.61 bits per heavy atom. The molecule has 0 bridgehead atoms. The molecule has 3 aliphatic heterocycles. The fourth-order valence-electron chi connectivity index (χ4n) is 6.00. The van der Waals surface area contributed by atoms with Gasteiger partial charge in [0.1, 0.15) is 11.6 Å². The smallest absolute Gasteiger partial charge is 0.335 e. The van der Waals surface area contributed by atoms with Crippen LogP contribution in [0.15, 0.2) is 54.6 Å². The van der Waals surface area contributed by atoms with Gasteiger partial charge in [0.05, 0.1) is 41.4 Å². The van der Waals surface area contributed by atoms with Crippen molar-refractivity contribution in [1.82, 2.24) is 14.5 Å². The number of carboxylic acids is 1. The number of carbonyl (C=O) groups is 1. The molecule has 0 saturated carbocycles. The molecule has 212 valence electrons. The standard InChI is InChI=1S/C31H29ClFN3O5/c32-20-5-6-23(24(33)15-20)31-40-27-3-1-2-22(29(27)41-31)18-8-11-35(12-9-18)17-28-34-25-7-4-19(30(37)38)14-26(25)36(28)16-21-10-13-39-21/h1-7,14-15,18,21,31H,8-13,16-17H2,(H,37,38)/t21-,31+/m0/s1. The molecule has 3 aliphatic rings. The van der Waals surface area contributed by atoms with Gasteiger partial charge in [0, 0.05) is 17.2 Å². The lowest BCUT2D eigenvalue weighted by molar-refractivity contribution is -0.0592. The minimum absolute atomic E-state index is 0.123. The number of ether oxygens (including phenoxy) is 3. The largest absolute Gasteiger partial charge is 0.478 e. The molecular weight excluding hydrogens is 549 g/mol. The van der Waals surface area contributed by atoms with Crippen molar-refractivity contribution in [2.24, 2.45) is 0 Å². The maximum Gasteiger partial charge on any atom is 0.335 e. The average molecular weight is 578 g/mol. The molecule has 0 radical (unpaired) electrons. The van der Waals surface area contributed by atoms with E-state index in [1.807, 2.05) is 12.1 Å². The lowest BCUT2D eigenvalue weighted by Crippen LogP contribution is -2.35. The van der Waals surface area contributed by atoms with Crippen LogP contribution in [0.25, 0.3) is 11.0 Å². The number of para-hydroxylation sites is 1. The molecule has 7 rings (SSSR count). The van der Waals surface area contributed by atoms with Gasteiger partial charge in [-0.2, -0.15) is 0 Å². The number of imidazole rings is 1. The van der Waals surface area contributed by atoms with Crippen LogP contribution in [-0.4, -0.2) is 51.3 Å². The van der Waals surface area contributed by atoms with Gasteiger partial charge < -0.3 is 23.9 Å². The SMILES string of the molecule is O=C(O)c1ccc2nc(CN3CCC(c4cccc5c4O[C@H](c4ccc(Cl)cc4F)O5)CC3)n(C[C@@H]3CCO3)c2c1. The Kier molecular flexibility index (Phi) is 6.81. The molecule has 0 aliphatic carbocycles. The summed E-state index contributed by atoms with van der Waals surface area (Å²) >= 11 is 5.92. The summed E-state index contributed by atoms with van der Waals surface area (Å²) in [6, 6.07) is 15.5. The van der Waals surface area contributed by atoms with E-state index in [0.29, 0.717) is 35.2 Å². The summed E-state index contributed by atoms with van der Waals surface area (Å²) in [6.45, 7) is 3.82. The average Bonchev–Trinajstić information content (AvgIpc) is 3.51. The van der Waals surface area contributed by atoms with E-state index in [2.05, 4.69) is 15.5 Å². The lowest BCUT2D eigenvalue weighted by atomic mass is 9.88. The van der Waals surface area contributed by atoms with Crippen LogP contribution < -0.4 is 9.47 Å². The topological polar surface area (TPSA) is 86.0 Å². The summed E-state index contributed by atoms with van der Waals surface area (Å²) in [4.78, 5) is 18.9. The van der Waals surface area contributed by atoms with Crippen LogP contribution in [-0.2, 0) is 17.8 Å². The number of nitrogens with zero attached hydrogens (tertiary/aromatic N) is 3. The Bertz CT molecular complexity index is 1630. The van der Waals surface area contributed by atoms with Crippen molar-refractivity contribution in [2.45, 2.75) is 50.7 Å². The molecule has 2 fully saturated rings. The molecule has 41 heavy (non-hydrogen) atoms. The highest BCUT2D eigenvalue weighted by molar-refractivity contribution is 6.30. The first-order chi connectivity index (χ1) is 19.9. The van der Waals surface area contributed by atoms with E-state index in [1.54, 1.807) is 30.3 Å². The fourth-order valence-corrected chi connectivity index (χ4v) is 6.16. The quantitative estimate of drug-likeness (QED) is 0.281. The second-order valence-electron chi connectivity index (χ2n) is 10.9. The Morgan fingerprint density at radius 2 is 1.88 bits per heavy atom. The number of aromatic nitrogens is 2. The third-order valence-electron chi connectivity index (χ3n) is 8.33. The van der Waals surface area contributed by atoms with Crippen molar-refractivity contribution in [2.75, 3.05) is 19.7 Å². The Labute approximate surface area is 241 Å². The number of likely N-dealkylation sites (tertiary alicyclic amines) is 1. The number of benzene rings is 3. The molecule has 0 unspecified atom stereocenters. The van der Waals surface area contributed by atoms with Crippen LogP contribution in [0.5, 0.6) is 11.5 Å². The number of fused-ring (bicyclic) bond motifs is 2. The van der Waals surface area contributed by atoms with E-state index < -0.39 is 18.1 Å². The molecule has 4 heterocycles. The summed E-state index contributed by atoms with van der Waals surface area (Å²) in [7, 11) is 0. The molecule has 0 amide bonds. The van der Waals surface area contributed by atoms with Gasteiger partial charge in [0.15, 0.2) is 11.5 Å². The number of rotatable bonds is 7. The van der Waals surface area contributed by atoms with Gasteiger partial charge in [0.25, 0.3) is 6.29 Å². The van der Waals surface area contributed by atoms with Crippen LogP contribution >= 0.6 is 11.6 Å². The first-order valence-electron chi connectivity index (χ1n) is 13.9. The van der Waals surface area contributed by atoms with Gasteiger partial charge in [-0.25, -0.2) is 14.2 Å². The van der Waals surface area contributed by atoms with E-state index in [4.69, 9.17) is 30.8 Å². The van der Waals surface area contributed by atoms with Crippen LogP contribution in [0.2, 0.25) is 5.02 Å². The predicted octanol–water partition coefficient (Wildman–Crippen LogP) is 6.17. The summed E-state index contributed by atoms with van der Waals surface area (Å²) < 4.78 is 34.5. The summed E-state index contributed by atoms with van der Waals surface area (Å²) in [5.41, 5.74) is 3.27. The number of hydrogen-bond acceptors (Lipinski definition) is 6. The van der Waals surface area contributed by atoms with Crippen LogP contribution in [0.4, 0.5) is 4.39 Å². The van der Waals surface area contributed by atoms with Crippen LogP contribution in [0.3, 0.4) is 0 Å². The van der Waals surface area contributed by atoms with Crippen molar-refractivity contribution < 1.29 is 28.5 Å². The third kappa shape index (κ3) is 5.03. The van der Waals surface area contributed by atoms with E-state index in [1.165, 1.54) is 6.07 Å². The number of halogens is 2. The van der Waals surface area contributed by atoms with Gasteiger partial charge in [-0.1, -0.05) is 23.7 Å². The van der Waals surface area contributed by atoms with Crippen molar-refractivity contribution >= 4 is 28.6 Å². The third-order valence-corrected chi connectivity index (χ3v) is 8.57. The first kappa shape index (κ1) is 26.3. The minimum Gasteiger partial charge on any atom is -0.478 e. The summed E-state index contributed by atoms with van der Waals surface area (Å²) in [5.74, 6) is 1.09. The highest BCUT2D eigenvalue weighted by Crippen LogP contribution is 2.47. The predicted molar refractivity (Wildman–Crippen MR) is 150 cm³/mol. The summed E-state index contributed by atoms with van der Waals surface area (Å²) in [5, 5.41) is 9.84. The maximum absolute atomic E-state index is 14.6. The van der Waals surface area contributed by atoms with Crippen LogP contribution in [0.1, 0.15) is 58.8 Å². The highest BCUT2D eigenvalue weighted by atomic mass is 35.5. The van der Waals surface area contributed by atoms with Gasteiger partial charge in [-0.15, -0.1) is 0 Å². The van der Waals surface area contributed by atoms with Gasteiger partial charge in [-0.05, 0) is 80.7 Å². The van der Waals surface area contributed by atoms with Crippen molar-refractivity contribution in [1.29, 1.82) is 0 Å². The molecule has 4 aromatic rings. The Balaban J connectivity index is 1.06. The van der Waals surface area contributed by atoms with E-state index in [-0.39, 0.29) is 17.6 Å². The monoisotopic (exact) mass is 577 g/mol. The summed E-state index contributed by atoms with van der Waals surface area (Å²) in [6.07, 6.45) is 2.11. The molecule has 3 aromatic carbocycles. The number of piperidine rings is 1. The molecule has 0 spiro atoms. The van der Waals surface area contributed by atoms with Gasteiger partial charge in [0.2, 0.25) is 0 Å². The van der Waals surface area contributed by atoms with Crippen molar-refractivity contribution in [3.8, 4) is 11.5 Å². The Morgan fingerprint density at radius 1 is 1.05 bits per heavy atom. The lowest BCUT2D eigenvalue weighted by Gasteiger charge is -2.33. The van der Waals surface area contributed by atoms with E-state index in [0.717, 1.165) is 61.4 Å². The van der Waals surface area contributed by atoms with E-state index >= 15 is 0 Å². The number of carboxylic acid groups (broad SMARTS) is 1. The zero-order valence-corrected chi connectivity index (χ0v) is 23.0. The number of aromatic carboxylic acids is 1. The molecule has 10 heteroatoms. The molecule has 1 N–H and O–H groups in total. The van der Waals surface area contributed by atoms with Gasteiger partial charge in [-0.3, -0.25) is 4.90 Å². The maximum atomic E-state index is 14.6. The molecular formula is C31H29ClFN3O5.